The van der Waals surface area contributed by atoms with Crippen LogP contribution in [0.3, 0.4) is 0 Å². The Hall–Kier alpha value is -2.22. The van der Waals surface area contributed by atoms with Gasteiger partial charge in [-0.25, -0.2) is 0 Å². The molecule has 0 radical (unpaired) electrons. The molecule has 0 bridgehead atoms. The zero-order valence-corrected chi connectivity index (χ0v) is 15.5. The maximum atomic E-state index is 12.0. The fourth-order valence-electron chi connectivity index (χ4n) is 2.02. The second-order valence-corrected chi connectivity index (χ2v) is 7.43. The molecule has 0 atom stereocenters. The molecule has 2 aromatic heterocycles. The zero-order chi connectivity index (χ0) is 17.5. The van der Waals surface area contributed by atoms with E-state index in [-0.39, 0.29) is 5.91 Å². The van der Waals surface area contributed by atoms with Gasteiger partial charge in [0, 0.05) is 22.5 Å². The van der Waals surface area contributed by atoms with E-state index >= 15 is 0 Å². The summed E-state index contributed by atoms with van der Waals surface area (Å²) in [5.74, 6) is -0.277. The van der Waals surface area contributed by atoms with E-state index in [4.69, 9.17) is 11.6 Å². The van der Waals surface area contributed by atoms with Gasteiger partial charge in [0.2, 0.25) is 16.2 Å². The first-order valence-corrected chi connectivity index (χ1v) is 9.61. The first-order chi connectivity index (χ1) is 12.2. The fraction of sp³-hybridized carbons (Fsp3) is 0.118. The number of anilines is 2. The van der Waals surface area contributed by atoms with Crippen LogP contribution in [0.15, 0.2) is 47.9 Å². The molecule has 3 aromatic rings. The molecule has 0 saturated carbocycles. The van der Waals surface area contributed by atoms with E-state index in [1.165, 1.54) is 22.3 Å². The third-order valence-electron chi connectivity index (χ3n) is 3.20. The molecule has 128 valence electrons. The molecule has 3 rings (SSSR count). The van der Waals surface area contributed by atoms with Crippen LogP contribution in [-0.2, 0) is 11.2 Å². The van der Waals surface area contributed by atoms with Crippen LogP contribution in [0, 0.1) is 0 Å². The van der Waals surface area contributed by atoms with E-state index in [2.05, 4.69) is 32.3 Å². The minimum atomic E-state index is -0.277. The number of nitrogens with one attached hydrogen (secondary N) is 2. The Balaban J connectivity index is 1.49. The first-order valence-electron chi connectivity index (χ1n) is 7.54. The Morgan fingerprint density at radius 2 is 2.00 bits per heavy atom. The van der Waals surface area contributed by atoms with Crippen molar-refractivity contribution in [2.24, 2.45) is 0 Å². The molecule has 1 amide bonds. The maximum Gasteiger partial charge on any atom is 0.250 e. The quantitative estimate of drug-likeness (QED) is 0.580. The maximum absolute atomic E-state index is 12.0. The van der Waals surface area contributed by atoms with E-state index < -0.39 is 0 Å². The van der Waals surface area contributed by atoms with Crippen LogP contribution >= 0.6 is 34.3 Å². The van der Waals surface area contributed by atoms with Crippen molar-refractivity contribution in [1.82, 2.24) is 10.2 Å². The number of thiophene rings is 1. The van der Waals surface area contributed by atoms with Gasteiger partial charge >= 0.3 is 0 Å². The summed E-state index contributed by atoms with van der Waals surface area (Å²) >= 11 is 9.08. The van der Waals surface area contributed by atoms with Crippen LogP contribution in [-0.4, -0.2) is 22.6 Å². The average molecular weight is 391 g/mol. The summed E-state index contributed by atoms with van der Waals surface area (Å²) < 4.78 is 0. The summed E-state index contributed by atoms with van der Waals surface area (Å²) in [4.78, 5) is 13.3. The average Bonchev–Trinajstić information content (AvgIpc) is 3.26. The highest BCUT2D eigenvalue weighted by Crippen LogP contribution is 2.21. The number of rotatable bonds is 7. The Morgan fingerprint density at radius 3 is 2.80 bits per heavy atom. The van der Waals surface area contributed by atoms with Gasteiger partial charge in [0.05, 0.1) is 0 Å². The molecule has 5 nitrogen and oxygen atoms in total. The Morgan fingerprint density at radius 1 is 1.16 bits per heavy atom. The van der Waals surface area contributed by atoms with Crippen LogP contribution < -0.4 is 10.6 Å². The van der Waals surface area contributed by atoms with Crippen molar-refractivity contribution >= 4 is 56.5 Å². The molecule has 0 aliphatic rings. The lowest BCUT2D eigenvalue weighted by molar-refractivity contribution is -0.111. The number of aromatic nitrogens is 2. The van der Waals surface area contributed by atoms with Gasteiger partial charge in [-0.2, -0.15) is 0 Å². The summed E-state index contributed by atoms with van der Waals surface area (Å²) in [5, 5.41) is 17.7. The summed E-state index contributed by atoms with van der Waals surface area (Å²) in [7, 11) is 0. The number of hydrogen-bond donors (Lipinski definition) is 2. The highest BCUT2D eigenvalue weighted by Gasteiger charge is 2.06. The van der Waals surface area contributed by atoms with Crippen molar-refractivity contribution in [3.8, 4) is 0 Å². The number of nitrogens with zero attached hydrogens (tertiary/aromatic N) is 2. The number of benzene rings is 1. The molecule has 0 aliphatic heterocycles. The fourth-order valence-corrected chi connectivity index (χ4v) is 3.60. The summed E-state index contributed by atoms with van der Waals surface area (Å²) in [5.41, 5.74) is 0.785. The van der Waals surface area contributed by atoms with Gasteiger partial charge in [0.25, 0.3) is 0 Å². The highest BCUT2D eigenvalue weighted by atomic mass is 35.5. The van der Waals surface area contributed by atoms with Crippen molar-refractivity contribution in [1.29, 1.82) is 0 Å². The van der Waals surface area contributed by atoms with Crippen molar-refractivity contribution in [3.05, 3.63) is 63.3 Å². The van der Waals surface area contributed by atoms with Crippen molar-refractivity contribution < 1.29 is 4.79 Å². The largest absolute Gasteiger partial charge is 0.360 e. The lowest BCUT2D eigenvalue weighted by atomic mass is 10.2. The lowest BCUT2D eigenvalue weighted by Gasteiger charge is -1.99. The number of carbonyl (C=O) groups is 1. The summed E-state index contributed by atoms with van der Waals surface area (Å²) in [6, 6.07) is 11.5. The lowest BCUT2D eigenvalue weighted by Crippen LogP contribution is -2.07. The van der Waals surface area contributed by atoms with E-state index in [1.807, 2.05) is 24.3 Å². The summed E-state index contributed by atoms with van der Waals surface area (Å²) in [6.45, 7) is 0.773. The first kappa shape index (κ1) is 17.6. The van der Waals surface area contributed by atoms with E-state index in [0.29, 0.717) is 15.3 Å². The van der Waals surface area contributed by atoms with Crippen molar-refractivity contribution in [3.63, 3.8) is 0 Å². The highest BCUT2D eigenvalue weighted by molar-refractivity contribution is 7.19. The van der Waals surface area contributed by atoms with Crippen molar-refractivity contribution in [2.45, 2.75) is 6.42 Å². The molecule has 0 fully saturated rings. The zero-order valence-electron chi connectivity index (χ0n) is 13.1. The predicted octanol–water partition coefficient (Wildman–Crippen LogP) is 4.56. The SMILES string of the molecule is O=C(C=Cc1ccccc1Cl)Nc1nnc(NCCc2cccs2)s1. The normalized spacial score (nSPS) is 10.9. The molecule has 0 spiro atoms. The topological polar surface area (TPSA) is 66.9 Å². The second-order valence-electron chi connectivity index (χ2n) is 5.01. The van der Waals surface area contributed by atoms with Gasteiger partial charge in [-0.05, 0) is 35.6 Å². The molecule has 0 aliphatic carbocycles. The molecular formula is C17H15ClN4OS2. The van der Waals surface area contributed by atoms with E-state index in [1.54, 1.807) is 23.5 Å². The number of amides is 1. The second kappa shape index (κ2) is 8.75. The van der Waals surface area contributed by atoms with Crippen molar-refractivity contribution in [2.75, 3.05) is 17.2 Å². The van der Waals surface area contributed by atoms with Gasteiger partial charge < -0.3 is 5.32 Å². The molecular weight excluding hydrogens is 376 g/mol. The molecule has 0 saturated heterocycles. The smallest absolute Gasteiger partial charge is 0.250 e. The Bertz CT molecular complexity index is 861. The van der Waals surface area contributed by atoms with Gasteiger partial charge in [0.15, 0.2) is 0 Å². The minimum Gasteiger partial charge on any atom is -0.360 e. The standard InChI is InChI=1S/C17H15ClN4OS2/c18-14-6-2-1-4-12(14)7-8-15(23)20-17-22-21-16(25-17)19-10-9-13-5-3-11-24-13/h1-8,11H,9-10H2,(H,19,21)(H,20,22,23). The van der Waals surface area contributed by atoms with Crippen LogP contribution in [0.2, 0.25) is 5.02 Å². The van der Waals surface area contributed by atoms with E-state index in [9.17, 15) is 4.79 Å². The van der Waals surface area contributed by atoms with Crippen LogP contribution in [0.5, 0.6) is 0 Å². The van der Waals surface area contributed by atoms with Crippen LogP contribution in [0.25, 0.3) is 6.08 Å². The third kappa shape index (κ3) is 5.38. The van der Waals surface area contributed by atoms with Crippen LogP contribution in [0.4, 0.5) is 10.3 Å². The molecule has 2 N–H and O–H groups in total. The number of hydrogen-bond acceptors (Lipinski definition) is 6. The molecule has 8 heteroatoms. The Labute approximate surface area is 158 Å². The minimum absolute atomic E-state index is 0.277. The van der Waals surface area contributed by atoms with Gasteiger partial charge in [-0.15, -0.1) is 21.5 Å². The predicted molar refractivity (Wildman–Crippen MR) is 106 cm³/mol. The van der Waals surface area contributed by atoms with Crippen LogP contribution in [0.1, 0.15) is 10.4 Å². The number of halogens is 1. The van der Waals surface area contributed by atoms with Gasteiger partial charge in [0.1, 0.15) is 0 Å². The molecule has 25 heavy (non-hydrogen) atoms. The Kier molecular flexibility index (Phi) is 6.16. The van der Waals surface area contributed by atoms with Gasteiger partial charge in [-0.1, -0.05) is 47.2 Å². The van der Waals surface area contributed by atoms with Gasteiger partial charge in [-0.3, -0.25) is 10.1 Å². The molecule has 2 heterocycles. The summed E-state index contributed by atoms with van der Waals surface area (Å²) in [6.07, 6.45) is 4.02. The molecule has 1 aromatic carbocycles. The number of carbonyl (C=O) groups excluding carboxylic acids is 1. The monoisotopic (exact) mass is 390 g/mol. The van der Waals surface area contributed by atoms with E-state index in [0.717, 1.165) is 18.5 Å². The molecule has 0 unspecified atom stereocenters. The third-order valence-corrected chi connectivity index (χ3v) is 5.28.